The number of amides is 2. The molecule has 0 spiro atoms. The van der Waals surface area contributed by atoms with E-state index >= 15 is 0 Å². The van der Waals surface area contributed by atoms with Crippen molar-refractivity contribution in [3.05, 3.63) is 23.9 Å². The first-order valence-corrected chi connectivity index (χ1v) is 9.09. The molecule has 3 N–H and O–H groups in total. The number of anilines is 1. The summed E-state index contributed by atoms with van der Waals surface area (Å²) in [6.07, 6.45) is 6.90. The van der Waals surface area contributed by atoms with Crippen LogP contribution in [0.15, 0.2) is 18.3 Å². The van der Waals surface area contributed by atoms with E-state index in [1.165, 1.54) is 12.8 Å². The van der Waals surface area contributed by atoms with Gasteiger partial charge in [0, 0.05) is 31.9 Å². The Labute approximate surface area is 147 Å². The summed E-state index contributed by atoms with van der Waals surface area (Å²) in [5.41, 5.74) is 1.03. The van der Waals surface area contributed by atoms with Gasteiger partial charge in [-0.05, 0) is 56.2 Å². The molecule has 0 aromatic carbocycles. The number of carboxylic acid groups (broad SMARTS) is 1. The first-order valence-electron chi connectivity index (χ1n) is 9.09. The zero-order valence-corrected chi connectivity index (χ0v) is 14.4. The van der Waals surface area contributed by atoms with E-state index in [0.29, 0.717) is 19.4 Å². The molecular formula is C18H26N4O3. The molecule has 136 valence electrons. The van der Waals surface area contributed by atoms with E-state index < -0.39 is 5.97 Å². The lowest BCUT2D eigenvalue weighted by Gasteiger charge is -2.26. The zero-order valence-electron chi connectivity index (χ0n) is 14.4. The fourth-order valence-electron chi connectivity index (χ4n) is 3.59. The molecule has 7 nitrogen and oxygen atoms in total. The maximum Gasteiger partial charge on any atom is 0.315 e. The van der Waals surface area contributed by atoms with E-state index in [0.717, 1.165) is 37.3 Å². The van der Waals surface area contributed by atoms with E-state index in [2.05, 4.69) is 20.5 Å². The Morgan fingerprint density at radius 2 is 1.92 bits per heavy atom. The molecule has 2 heterocycles. The van der Waals surface area contributed by atoms with Gasteiger partial charge in [-0.1, -0.05) is 0 Å². The zero-order chi connectivity index (χ0) is 17.6. The minimum Gasteiger partial charge on any atom is -0.481 e. The highest BCUT2D eigenvalue weighted by Crippen LogP contribution is 2.24. The van der Waals surface area contributed by atoms with Crippen molar-refractivity contribution in [1.29, 1.82) is 0 Å². The number of carboxylic acids is 1. The second-order valence-corrected chi connectivity index (χ2v) is 6.93. The van der Waals surface area contributed by atoms with Gasteiger partial charge in [-0.15, -0.1) is 0 Å². The monoisotopic (exact) mass is 346 g/mol. The minimum absolute atomic E-state index is 0.0631. The number of carbonyl (C=O) groups is 2. The molecule has 1 aliphatic heterocycles. The van der Waals surface area contributed by atoms with Crippen molar-refractivity contribution in [2.45, 2.75) is 51.1 Å². The highest BCUT2D eigenvalue weighted by Gasteiger charge is 2.26. The Morgan fingerprint density at radius 3 is 2.60 bits per heavy atom. The fraction of sp³-hybridized carbons (Fsp3) is 0.611. The van der Waals surface area contributed by atoms with Crippen LogP contribution in [0.5, 0.6) is 0 Å². The number of hydrogen-bond acceptors (Lipinski definition) is 4. The number of carbonyl (C=O) groups excluding carboxylic acids is 1. The highest BCUT2D eigenvalue weighted by molar-refractivity contribution is 5.74. The normalized spacial score (nSPS) is 23.3. The van der Waals surface area contributed by atoms with Crippen molar-refractivity contribution in [2.24, 2.45) is 5.92 Å². The van der Waals surface area contributed by atoms with Gasteiger partial charge in [-0.2, -0.15) is 0 Å². The third-order valence-corrected chi connectivity index (χ3v) is 5.10. The summed E-state index contributed by atoms with van der Waals surface area (Å²) >= 11 is 0. The van der Waals surface area contributed by atoms with Crippen LogP contribution in [0, 0.1) is 5.92 Å². The third kappa shape index (κ3) is 4.84. The van der Waals surface area contributed by atoms with Gasteiger partial charge in [0.2, 0.25) is 0 Å². The Hall–Kier alpha value is -2.31. The first kappa shape index (κ1) is 17.5. The number of aromatic nitrogens is 1. The minimum atomic E-state index is -0.727. The van der Waals surface area contributed by atoms with E-state index in [9.17, 15) is 9.59 Å². The predicted octanol–water partition coefficient (Wildman–Crippen LogP) is 2.12. The number of nitrogens with zero attached hydrogens (tertiary/aromatic N) is 2. The molecular weight excluding hydrogens is 320 g/mol. The summed E-state index contributed by atoms with van der Waals surface area (Å²) < 4.78 is 0. The van der Waals surface area contributed by atoms with Crippen molar-refractivity contribution in [3.63, 3.8) is 0 Å². The van der Waals surface area contributed by atoms with Crippen molar-refractivity contribution < 1.29 is 14.7 Å². The van der Waals surface area contributed by atoms with Crippen LogP contribution in [0.25, 0.3) is 0 Å². The molecule has 1 aliphatic carbocycles. The molecule has 0 bridgehead atoms. The number of urea groups is 1. The highest BCUT2D eigenvalue weighted by atomic mass is 16.4. The smallest absolute Gasteiger partial charge is 0.315 e. The summed E-state index contributed by atoms with van der Waals surface area (Å²) in [5, 5.41) is 14.8. The molecule has 1 saturated heterocycles. The standard InChI is InChI=1S/C18H26N4O3/c23-17(24)14-3-5-15(6-4-14)21-18(25)20-12-13-7-8-19-16(11-13)22-9-1-2-10-22/h7-8,11,14-15H,1-6,9-10,12H2,(H,23,24)(H2,20,21,25). The molecule has 3 rings (SSSR count). The molecule has 2 aliphatic rings. The van der Waals surface area contributed by atoms with Crippen molar-refractivity contribution in [2.75, 3.05) is 18.0 Å². The average Bonchev–Trinajstić information content (AvgIpc) is 3.15. The van der Waals surface area contributed by atoms with Crippen LogP contribution in [0.3, 0.4) is 0 Å². The largest absolute Gasteiger partial charge is 0.481 e. The Balaban J connectivity index is 1.43. The molecule has 7 heteroatoms. The topological polar surface area (TPSA) is 94.6 Å². The van der Waals surface area contributed by atoms with Crippen LogP contribution in [0.2, 0.25) is 0 Å². The quantitative estimate of drug-likeness (QED) is 0.759. The first-order chi connectivity index (χ1) is 12.1. The van der Waals surface area contributed by atoms with Gasteiger partial charge in [-0.3, -0.25) is 4.79 Å². The van der Waals surface area contributed by atoms with Crippen molar-refractivity contribution >= 4 is 17.8 Å². The van der Waals surface area contributed by atoms with E-state index in [4.69, 9.17) is 5.11 Å². The SMILES string of the molecule is O=C(NCc1ccnc(N2CCCC2)c1)NC1CCC(C(=O)O)CC1. The second-order valence-electron chi connectivity index (χ2n) is 6.93. The van der Waals surface area contributed by atoms with Gasteiger partial charge in [-0.25, -0.2) is 9.78 Å². The average molecular weight is 346 g/mol. The molecule has 0 radical (unpaired) electrons. The lowest BCUT2D eigenvalue weighted by atomic mass is 9.86. The number of aliphatic carboxylic acids is 1. The van der Waals surface area contributed by atoms with Crippen molar-refractivity contribution in [1.82, 2.24) is 15.6 Å². The molecule has 1 aromatic heterocycles. The lowest BCUT2D eigenvalue weighted by molar-refractivity contribution is -0.142. The van der Waals surface area contributed by atoms with Crippen LogP contribution in [-0.4, -0.2) is 41.2 Å². The predicted molar refractivity (Wildman–Crippen MR) is 94.4 cm³/mol. The van der Waals surface area contributed by atoms with Gasteiger partial charge >= 0.3 is 12.0 Å². The number of nitrogens with one attached hydrogen (secondary N) is 2. The van der Waals surface area contributed by atoms with E-state index in [-0.39, 0.29) is 18.0 Å². The second kappa shape index (κ2) is 8.18. The molecule has 25 heavy (non-hydrogen) atoms. The molecule has 2 fully saturated rings. The molecule has 0 unspecified atom stereocenters. The summed E-state index contributed by atoms with van der Waals surface area (Å²) in [6, 6.07) is 3.81. The fourth-order valence-corrected chi connectivity index (χ4v) is 3.59. The lowest BCUT2D eigenvalue weighted by Crippen LogP contribution is -2.43. The van der Waals surface area contributed by atoms with E-state index in [1.54, 1.807) is 6.20 Å². The van der Waals surface area contributed by atoms with Gasteiger partial charge in [0.05, 0.1) is 5.92 Å². The molecule has 1 saturated carbocycles. The summed E-state index contributed by atoms with van der Waals surface area (Å²) in [5.74, 6) is -0.0134. The number of rotatable bonds is 5. The molecule has 1 aromatic rings. The van der Waals surface area contributed by atoms with Crippen LogP contribution in [0.4, 0.5) is 10.6 Å². The van der Waals surface area contributed by atoms with E-state index in [1.807, 2.05) is 12.1 Å². The number of pyridine rings is 1. The van der Waals surface area contributed by atoms with Crippen LogP contribution < -0.4 is 15.5 Å². The van der Waals surface area contributed by atoms with Gasteiger partial charge in [0.25, 0.3) is 0 Å². The van der Waals surface area contributed by atoms with Crippen LogP contribution in [0.1, 0.15) is 44.1 Å². The Bertz CT molecular complexity index is 608. The van der Waals surface area contributed by atoms with Crippen molar-refractivity contribution in [3.8, 4) is 0 Å². The number of hydrogen-bond donors (Lipinski definition) is 3. The molecule has 2 amide bonds. The van der Waals surface area contributed by atoms with Crippen LogP contribution >= 0.6 is 0 Å². The van der Waals surface area contributed by atoms with Crippen LogP contribution in [-0.2, 0) is 11.3 Å². The Kier molecular flexibility index (Phi) is 5.73. The van der Waals surface area contributed by atoms with Gasteiger partial charge in [0.1, 0.15) is 5.82 Å². The summed E-state index contributed by atoms with van der Waals surface area (Å²) in [4.78, 5) is 29.7. The Morgan fingerprint density at radius 1 is 1.20 bits per heavy atom. The summed E-state index contributed by atoms with van der Waals surface area (Å²) in [6.45, 7) is 2.55. The third-order valence-electron chi connectivity index (χ3n) is 5.10. The summed E-state index contributed by atoms with van der Waals surface area (Å²) in [7, 11) is 0. The van der Waals surface area contributed by atoms with Gasteiger partial charge < -0.3 is 20.6 Å². The maximum absolute atomic E-state index is 12.1. The molecule has 0 atom stereocenters. The maximum atomic E-state index is 12.1. The van der Waals surface area contributed by atoms with Gasteiger partial charge in [0.15, 0.2) is 0 Å².